The van der Waals surface area contributed by atoms with Crippen molar-refractivity contribution in [3.63, 3.8) is 0 Å². The minimum Gasteiger partial charge on any atom is -0.318 e. The van der Waals surface area contributed by atoms with E-state index in [1.165, 1.54) is 0 Å². The van der Waals surface area contributed by atoms with Gasteiger partial charge in [-0.05, 0) is 31.6 Å². The van der Waals surface area contributed by atoms with Gasteiger partial charge in [-0.3, -0.25) is 16.0 Å². The molecule has 1 aromatic carbocycles. The van der Waals surface area contributed by atoms with Crippen LogP contribution in [0.4, 0.5) is 11.4 Å². The van der Waals surface area contributed by atoms with E-state index in [2.05, 4.69) is 17.2 Å². The Kier molecular flexibility index (Phi) is 4.86. The number of nitrogens with one attached hydrogen (secondary N) is 1. The van der Waals surface area contributed by atoms with Crippen LogP contribution in [0.5, 0.6) is 0 Å². The molecular weight excluding hydrogens is 220 g/mol. The molecule has 0 bridgehead atoms. The van der Waals surface area contributed by atoms with Crippen molar-refractivity contribution in [2.24, 2.45) is 5.84 Å². The van der Waals surface area contributed by atoms with Gasteiger partial charge in [0.15, 0.2) is 0 Å². The number of nitrogen functional groups attached to an aromatic ring is 1. The minimum absolute atomic E-state index is 0.00917. The molecule has 0 radical (unpaired) electrons. The van der Waals surface area contributed by atoms with E-state index in [-0.39, 0.29) is 5.69 Å². The Balaban J connectivity index is 2.88. The van der Waals surface area contributed by atoms with E-state index in [0.717, 1.165) is 18.5 Å². The molecule has 0 aliphatic heterocycles. The zero-order valence-corrected chi connectivity index (χ0v) is 10.1. The van der Waals surface area contributed by atoms with Crippen LogP contribution in [0.3, 0.4) is 0 Å². The van der Waals surface area contributed by atoms with Crippen molar-refractivity contribution in [1.29, 1.82) is 0 Å². The first-order valence-corrected chi connectivity index (χ1v) is 5.51. The predicted octanol–water partition coefficient (Wildman–Crippen LogP) is 1.72. The summed E-state index contributed by atoms with van der Waals surface area (Å²) in [5.41, 5.74) is 3.58. The van der Waals surface area contributed by atoms with Crippen LogP contribution in [-0.4, -0.2) is 23.4 Å². The highest BCUT2D eigenvalue weighted by Crippen LogP contribution is 2.25. The van der Waals surface area contributed by atoms with Gasteiger partial charge < -0.3 is 10.3 Å². The summed E-state index contributed by atoms with van der Waals surface area (Å²) in [4.78, 5) is 12.5. The Hall–Kier alpha value is -1.66. The van der Waals surface area contributed by atoms with Gasteiger partial charge >= 0.3 is 0 Å². The van der Waals surface area contributed by atoms with Crippen LogP contribution in [0.25, 0.3) is 0 Å². The highest BCUT2D eigenvalue weighted by Gasteiger charge is 2.14. The number of nitro benzene ring substituents is 1. The molecule has 3 N–H and O–H groups in total. The highest BCUT2D eigenvalue weighted by molar-refractivity contribution is 5.61. The lowest BCUT2D eigenvalue weighted by Crippen LogP contribution is -2.18. The number of benzene rings is 1. The molecule has 0 heterocycles. The lowest BCUT2D eigenvalue weighted by Gasteiger charge is -2.15. The van der Waals surface area contributed by atoms with E-state index in [4.69, 9.17) is 5.84 Å². The molecule has 0 aliphatic carbocycles. The van der Waals surface area contributed by atoms with Crippen LogP contribution in [0.15, 0.2) is 18.2 Å². The molecule has 1 rings (SSSR count). The van der Waals surface area contributed by atoms with Gasteiger partial charge in [-0.2, -0.15) is 0 Å². The monoisotopic (exact) mass is 238 g/mol. The molecule has 6 nitrogen and oxygen atoms in total. The fourth-order valence-electron chi connectivity index (χ4n) is 1.72. The van der Waals surface area contributed by atoms with Crippen LogP contribution < -0.4 is 11.3 Å². The van der Waals surface area contributed by atoms with Gasteiger partial charge in [0.25, 0.3) is 5.69 Å². The maximum Gasteiger partial charge on any atom is 0.293 e. The second-order valence-corrected chi connectivity index (χ2v) is 3.99. The number of hydrogen-bond donors (Lipinski definition) is 2. The molecule has 0 saturated heterocycles. The minimum atomic E-state index is -0.432. The maximum absolute atomic E-state index is 10.8. The molecule has 0 fully saturated rings. The first-order chi connectivity index (χ1) is 8.08. The third-order valence-electron chi connectivity index (χ3n) is 2.47. The van der Waals surface area contributed by atoms with Crippen LogP contribution in [0, 0.1) is 10.1 Å². The van der Waals surface area contributed by atoms with Crippen molar-refractivity contribution in [1.82, 2.24) is 4.90 Å². The molecule has 0 spiro atoms. The summed E-state index contributed by atoms with van der Waals surface area (Å²) in [6, 6.07) is 5.03. The van der Waals surface area contributed by atoms with Crippen LogP contribution in [0.2, 0.25) is 0 Å². The zero-order chi connectivity index (χ0) is 12.8. The van der Waals surface area contributed by atoms with Gasteiger partial charge in [0.05, 0.1) is 4.92 Å². The van der Waals surface area contributed by atoms with Gasteiger partial charge in [0, 0.05) is 12.6 Å². The third-order valence-corrected chi connectivity index (χ3v) is 2.47. The third kappa shape index (κ3) is 3.69. The highest BCUT2D eigenvalue weighted by atomic mass is 16.6. The van der Waals surface area contributed by atoms with Gasteiger partial charge in [-0.1, -0.05) is 13.0 Å². The maximum atomic E-state index is 10.8. The first-order valence-electron chi connectivity index (χ1n) is 5.51. The summed E-state index contributed by atoms with van der Waals surface area (Å²) < 4.78 is 0. The summed E-state index contributed by atoms with van der Waals surface area (Å²) in [6.07, 6.45) is 1.06. The summed E-state index contributed by atoms with van der Waals surface area (Å²) in [5.74, 6) is 5.22. The molecule has 0 aromatic heterocycles. The fourth-order valence-corrected chi connectivity index (χ4v) is 1.72. The first kappa shape index (κ1) is 13.4. The topological polar surface area (TPSA) is 84.4 Å². The van der Waals surface area contributed by atoms with Crippen molar-refractivity contribution in [2.75, 3.05) is 19.0 Å². The average molecular weight is 238 g/mol. The van der Waals surface area contributed by atoms with Crippen molar-refractivity contribution in [3.05, 3.63) is 33.9 Å². The Bertz CT molecular complexity index is 395. The summed E-state index contributed by atoms with van der Waals surface area (Å²) >= 11 is 0. The molecule has 94 valence electrons. The second kappa shape index (κ2) is 6.17. The number of hydrogen-bond acceptors (Lipinski definition) is 5. The molecule has 0 saturated carbocycles. The van der Waals surface area contributed by atoms with Gasteiger partial charge in [0.1, 0.15) is 5.69 Å². The molecule has 0 amide bonds. The van der Waals surface area contributed by atoms with Crippen molar-refractivity contribution in [2.45, 2.75) is 19.9 Å². The standard InChI is InChI=1S/C11H18N4O2/c1-3-6-14(2)8-9-4-5-10(13-12)11(7-9)15(16)17/h4-5,7,13H,3,6,8,12H2,1-2H3. The van der Waals surface area contributed by atoms with Gasteiger partial charge in [0.2, 0.25) is 0 Å². The van der Waals surface area contributed by atoms with E-state index in [1.54, 1.807) is 12.1 Å². The smallest absolute Gasteiger partial charge is 0.293 e. The van der Waals surface area contributed by atoms with E-state index < -0.39 is 4.92 Å². The summed E-state index contributed by atoms with van der Waals surface area (Å²) in [7, 11) is 1.99. The summed E-state index contributed by atoms with van der Waals surface area (Å²) in [5, 5.41) is 10.8. The number of hydrazine groups is 1. The average Bonchev–Trinajstić information content (AvgIpc) is 2.29. The number of nitrogens with two attached hydrogens (primary N) is 1. The second-order valence-electron chi connectivity index (χ2n) is 3.99. The number of nitrogens with zero attached hydrogens (tertiary/aromatic N) is 2. The molecule has 6 heteroatoms. The van der Waals surface area contributed by atoms with Crippen LogP contribution in [0.1, 0.15) is 18.9 Å². The lowest BCUT2D eigenvalue weighted by molar-refractivity contribution is -0.384. The Labute approximate surface area is 101 Å². The lowest BCUT2D eigenvalue weighted by atomic mass is 10.1. The van der Waals surface area contributed by atoms with Gasteiger partial charge in [-0.25, -0.2) is 0 Å². The molecule has 0 aliphatic rings. The summed E-state index contributed by atoms with van der Waals surface area (Å²) in [6.45, 7) is 3.75. The Morgan fingerprint density at radius 2 is 2.24 bits per heavy atom. The van der Waals surface area contributed by atoms with Crippen LogP contribution >= 0.6 is 0 Å². The SMILES string of the molecule is CCCN(C)Cc1ccc(NN)c([N+](=O)[O-])c1. The molecule has 0 unspecified atom stereocenters. The van der Waals surface area contributed by atoms with Crippen molar-refractivity contribution < 1.29 is 4.92 Å². The zero-order valence-electron chi connectivity index (χ0n) is 10.1. The molecule has 17 heavy (non-hydrogen) atoms. The Morgan fingerprint density at radius 3 is 2.76 bits per heavy atom. The predicted molar refractivity (Wildman–Crippen MR) is 67.5 cm³/mol. The molecule has 1 aromatic rings. The number of rotatable bonds is 6. The quantitative estimate of drug-likeness (QED) is 0.448. The van der Waals surface area contributed by atoms with E-state index in [1.807, 2.05) is 13.1 Å². The van der Waals surface area contributed by atoms with E-state index >= 15 is 0 Å². The van der Waals surface area contributed by atoms with E-state index in [0.29, 0.717) is 12.2 Å². The number of nitro groups is 1. The van der Waals surface area contributed by atoms with Crippen molar-refractivity contribution in [3.8, 4) is 0 Å². The fraction of sp³-hybridized carbons (Fsp3) is 0.455. The molecular formula is C11H18N4O2. The van der Waals surface area contributed by atoms with Gasteiger partial charge in [-0.15, -0.1) is 0 Å². The normalized spacial score (nSPS) is 10.6. The van der Waals surface area contributed by atoms with Crippen molar-refractivity contribution >= 4 is 11.4 Å². The van der Waals surface area contributed by atoms with Crippen LogP contribution in [-0.2, 0) is 6.54 Å². The molecule has 0 atom stereocenters. The largest absolute Gasteiger partial charge is 0.318 e. The number of anilines is 1. The Morgan fingerprint density at radius 1 is 1.53 bits per heavy atom. The van der Waals surface area contributed by atoms with E-state index in [9.17, 15) is 10.1 Å².